The van der Waals surface area contributed by atoms with Gasteiger partial charge in [-0.3, -0.25) is 4.98 Å². The molecule has 0 spiro atoms. The number of alkyl halides is 3. The van der Waals surface area contributed by atoms with Crippen molar-refractivity contribution in [2.24, 2.45) is 0 Å². The van der Waals surface area contributed by atoms with Gasteiger partial charge in [-0.05, 0) is 60.7 Å². The smallest absolute Gasteiger partial charge is 0.433 e. The summed E-state index contributed by atoms with van der Waals surface area (Å²) < 4.78 is 45.0. The van der Waals surface area contributed by atoms with E-state index in [4.69, 9.17) is 4.74 Å². The molecular formula is C18H17F3N2O. The summed E-state index contributed by atoms with van der Waals surface area (Å²) in [5, 5.41) is 0. The molecule has 0 saturated carbocycles. The molecule has 6 heteroatoms. The first-order valence-corrected chi connectivity index (χ1v) is 7.96. The third-order valence-corrected chi connectivity index (χ3v) is 5.03. The van der Waals surface area contributed by atoms with E-state index in [1.165, 1.54) is 6.20 Å². The molecular weight excluding hydrogens is 317 g/mol. The van der Waals surface area contributed by atoms with Crippen LogP contribution in [0.4, 0.5) is 18.9 Å². The summed E-state index contributed by atoms with van der Waals surface area (Å²) in [5.41, 5.74) is 1.45. The molecule has 1 aromatic heterocycles. The topological polar surface area (TPSA) is 25.4 Å². The van der Waals surface area contributed by atoms with Gasteiger partial charge < -0.3 is 9.64 Å². The Balaban J connectivity index is 1.76. The molecule has 0 aliphatic carbocycles. The van der Waals surface area contributed by atoms with E-state index in [2.05, 4.69) is 9.88 Å². The van der Waals surface area contributed by atoms with Gasteiger partial charge in [-0.25, -0.2) is 0 Å². The number of methoxy groups -OCH3 is 1. The number of aromatic nitrogens is 1. The highest BCUT2D eigenvalue weighted by Crippen LogP contribution is 2.48. The fraction of sp³-hybridized carbons (Fsp3) is 0.389. The van der Waals surface area contributed by atoms with Crippen molar-refractivity contribution in [3.05, 3.63) is 53.3 Å². The van der Waals surface area contributed by atoms with Crippen molar-refractivity contribution < 1.29 is 17.9 Å². The van der Waals surface area contributed by atoms with Crippen LogP contribution in [-0.4, -0.2) is 18.1 Å². The number of hydrogen-bond acceptors (Lipinski definition) is 3. The van der Waals surface area contributed by atoms with Crippen molar-refractivity contribution in [3.8, 4) is 5.75 Å². The number of benzene rings is 1. The van der Waals surface area contributed by atoms with Crippen molar-refractivity contribution in [1.29, 1.82) is 0 Å². The van der Waals surface area contributed by atoms with E-state index >= 15 is 0 Å². The summed E-state index contributed by atoms with van der Waals surface area (Å²) in [6, 6.07) is 9.53. The van der Waals surface area contributed by atoms with E-state index in [0.29, 0.717) is 12.0 Å². The number of halogens is 3. The highest BCUT2D eigenvalue weighted by molar-refractivity contribution is 5.57. The lowest BCUT2D eigenvalue weighted by Gasteiger charge is -2.39. The van der Waals surface area contributed by atoms with E-state index in [1.807, 2.05) is 24.3 Å². The predicted octanol–water partition coefficient (Wildman–Crippen LogP) is 4.38. The maximum Gasteiger partial charge on any atom is 0.433 e. The van der Waals surface area contributed by atoms with Crippen LogP contribution in [0.2, 0.25) is 0 Å². The normalized spacial score (nSPS) is 22.4. The van der Waals surface area contributed by atoms with Gasteiger partial charge in [-0.1, -0.05) is 0 Å². The van der Waals surface area contributed by atoms with Crippen LogP contribution < -0.4 is 9.64 Å². The molecule has 2 aliphatic rings. The number of rotatable bonds is 2. The highest BCUT2D eigenvalue weighted by atomic mass is 19.4. The molecule has 2 aromatic rings. The Morgan fingerprint density at radius 3 is 2.54 bits per heavy atom. The Kier molecular flexibility index (Phi) is 3.44. The molecule has 0 N–H and O–H groups in total. The third-order valence-electron chi connectivity index (χ3n) is 5.03. The molecule has 2 aliphatic heterocycles. The van der Waals surface area contributed by atoms with Crippen LogP contribution in [0.3, 0.4) is 0 Å². The van der Waals surface area contributed by atoms with Crippen LogP contribution in [0.1, 0.15) is 35.7 Å². The van der Waals surface area contributed by atoms with Crippen LogP contribution >= 0.6 is 0 Å². The Bertz CT molecular complexity index is 758. The first-order chi connectivity index (χ1) is 11.5. The molecule has 1 saturated heterocycles. The van der Waals surface area contributed by atoms with Crippen LogP contribution in [0.15, 0.2) is 36.5 Å². The molecule has 3 heterocycles. The summed E-state index contributed by atoms with van der Waals surface area (Å²) in [7, 11) is 1.61. The van der Waals surface area contributed by atoms with Gasteiger partial charge in [0.1, 0.15) is 11.4 Å². The monoisotopic (exact) mass is 334 g/mol. The SMILES string of the molecule is COc1ccc(N2C3CCC2c2ccnc(C(F)(F)F)c2C3)cc1. The van der Waals surface area contributed by atoms with Gasteiger partial charge in [0.25, 0.3) is 0 Å². The van der Waals surface area contributed by atoms with Gasteiger partial charge >= 0.3 is 6.18 Å². The second-order valence-corrected chi connectivity index (χ2v) is 6.28. The molecule has 0 radical (unpaired) electrons. The van der Waals surface area contributed by atoms with Crippen LogP contribution in [-0.2, 0) is 12.6 Å². The lowest BCUT2D eigenvalue weighted by Crippen LogP contribution is -2.38. The van der Waals surface area contributed by atoms with Gasteiger partial charge in [0, 0.05) is 17.9 Å². The second-order valence-electron chi connectivity index (χ2n) is 6.28. The molecule has 1 aromatic carbocycles. The highest BCUT2D eigenvalue weighted by Gasteiger charge is 2.45. The first kappa shape index (κ1) is 15.3. The number of anilines is 1. The Hall–Kier alpha value is -2.24. The number of nitrogens with zero attached hydrogens (tertiary/aromatic N) is 2. The summed E-state index contributed by atoms with van der Waals surface area (Å²) in [6.07, 6.45) is -0.964. The molecule has 0 amide bonds. The van der Waals surface area contributed by atoms with Crippen LogP contribution in [0.25, 0.3) is 0 Å². The zero-order valence-corrected chi connectivity index (χ0v) is 13.2. The third kappa shape index (κ3) is 2.32. The fourth-order valence-electron chi connectivity index (χ4n) is 4.05. The van der Waals surface area contributed by atoms with E-state index < -0.39 is 11.9 Å². The number of hydrogen-bond donors (Lipinski definition) is 0. The van der Waals surface area contributed by atoms with E-state index in [1.54, 1.807) is 13.2 Å². The van der Waals surface area contributed by atoms with Crippen molar-refractivity contribution in [2.75, 3.05) is 12.0 Å². The van der Waals surface area contributed by atoms with Crippen molar-refractivity contribution in [2.45, 2.75) is 37.5 Å². The number of fused-ring (bicyclic) bond motifs is 4. The number of pyridine rings is 1. The molecule has 24 heavy (non-hydrogen) atoms. The molecule has 1 fully saturated rings. The zero-order chi connectivity index (χ0) is 16.9. The Morgan fingerprint density at radius 1 is 1.12 bits per heavy atom. The fourth-order valence-corrected chi connectivity index (χ4v) is 4.05. The summed E-state index contributed by atoms with van der Waals surface area (Å²) >= 11 is 0. The summed E-state index contributed by atoms with van der Waals surface area (Å²) in [6.45, 7) is 0. The minimum Gasteiger partial charge on any atom is -0.497 e. The maximum atomic E-state index is 13.3. The Morgan fingerprint density at radius 2 is 1.88 bits per heavy atom. The average Bonchev–Trinajstić information content (AvgIpc) is 2.88. The van der Waals surface area contributed by atoms with Crippen LogP contribution in [0, 0.1) is 0 Å². The van der Waals surface area contributed by atoms with Gasteiger partial charge in [-0.15, -0.1) is 0 Å². The quantitative estimate of drug-likeness (QED) is 0.815. The minimum atomic E-state index is -4.40. The van der Waals surface area contributed by atoms with E-state index in [9.17, 15) is 13.2 Å². The van der Waals surface area contributed by atoms with Crippen molar-refractivity contribution >= 4 is 5.69 Å². The van der Waals surface area contributed by atoms with E-state index in [0.717, 1.165) is 29.8 Å². The molecule has 4 rings (SSSR count). The minimum absolute atomic E-state index is 0.0174. The molecule has 2 bridgehead atoms. The van der Waals surface area contributed by atoms with Gasteiger partial charge in [0.05, 0.1) is 13.2 Å². The Labute approximate surface area is 138 Å². The molecule has 2 unspecified atom stereocenters. The average molecular weight is 334 g/mol. The maximum absolute atomic E-state index is 13.3. The van der Waals surface area contributed by atoms with Gasteiger partial charge in [0.2, 0.25) is 0 Å². The molecule has 2 atom stereocenters. The lowest BCUT2D eigenvalue weighted by atomic mass is 9.91. The van der Waals surface area contributed by atoms with E-state index in [-0.39, 0.29) is 12.1 Å². The molecule has 126 valence electrons. The van der Waals surface area contributed by atoms with Crippen molar-refractivity contribution in [1.82, 2.24) is 4.98 Å². The number of ether oxygens (including phenoxy) is 1. The first-order valence-electron chi connectivity index (χ1n) is 7.96. The lowest BCUT2D eigenvalue weighted by molar-refractivity contribution is -0.142. The predicted molar refractivity (Wildman–Crippen MR) is 84.2 cm³/mol. The zero-order valence-electron chi connectivity index (χ0n) is 13.2. The summed E-state index contributed by atoms with van der Waals surface area (Å²) in [5.74, 6) is 0.770. The summed E-state index contributed by atoms with van der Waals surface area (Å²) in [4.78, 5) is 5.87. The van der Waals surface area contributed by atoms with Crippen molar-refractivity contribution in [3.63, 3.8) is 0 Å². The largest absolute Gasteiger partial charge is 0.497 e. The second kappa shape index (κ2) is 5.40. The van der Waals surface area contributed by atoms with Gasteiger partial charge in [-0.2, -0.15) is 13.2 Å². The molecule has 3 nitrogen and oxygen atoms in total. The van der Waals surface area contributed by atoms with Gasteiger partial charge in [0.15, 0.2) is 0 Å². The standard InChI is InChI=1S/C18H17F3N2O/c1-24-13-5-2-11(3-6-13)23-12-4-7-16(23)14-8-9-22-17(15(14)10-12)18(19,20)21/h2-3,5-6,8-9,12,16H,4,7,10H2,1H3. The van der Waals surface area contributed by atoms with Crippen LogP contribution in [0.5, 0.6) is 5.75 Å².